The fraction of sp³-hybridized carbons (Fsp3) is 0.370. The molecule has 1 atom stereocenters. The number of piperidine rings is 1. The van der Waals surface area contributed by atoms with E-state index in [9.17, 15) is 14.0 Å². The Morgan fingerprint density at radius 1 is 1.06 bits per heavy atom. The van der Waals surface area contributed by atoms with E-state index in [2.05, 4.69) is 5.10 Å². The summed E-state index contributed by atoms with van der Waals surface area (Å²) < 4.78 is 20.5. The van der Waals surface area contributed by atoms with E-state index in [1.165, 1.54) is 12.1 Å². The first-order valence-corrected chi connectivity index (χ1v) is 11.9. The molecular formula is C27H30FN3O3. The molecule has 1 unspecified atom stereocenters. The predicted octanol–water partition coefficient (Wildman–Crippen LogP) is 5.22. The number of benzene rings is 2. The summed E-state index contributed by atoms with van der Waals surface area (Å²) in [4.78, 5) is 27.6. The molecule has 1 aliphatic rings. The maximum atomic E-state index is 13.5. The van der Waals surface area contributed by atoms with E-state index >= 15 is 0 Å². The second-order valence-electron chi connectivity index (χ2n) is 8.51. The number of carbonyl (C=O) groups excluding carboxylic acids is 2. The van der Waals surface area contributed by atoms with Gasteiger partial charge in [0.05, 0.1) is 24.3 Å². The molecule has 0 spiro atoms. The summed E-state index contributed by atoms with van der Waals surface area (Å²) in [6, 6.07) is 17.8. The number of rotatable bonds is 7. The van der Waals surface area contributed by atoms with E-state index in [0.29, 0.717) is 13.1 Å². The molecule has 34 heavy (non-hydrogen) atoms. The standard InChI is InChI=1S/C27H30FN3O3/c1-3-23(19-8-6-5-7-9-19)26(32)30-16-14-22(15-17-30)31-25(20-10-12-21(28)13-11-20)18-24(29-31)27(33)34-4-2/h5-13,18,22-23H,3-4,14-17H2,1-2H3. The highest BCUT2D eigenvalue weighted by molar-refractivity contribution is 5.88. The number of hydrogen-bond acceptors (Lipinski definition) is 4. The fourth-order valence-corrected chi connectivity index (χ4v) is 4.60. The van der Waals surface area contributed by atoms with Gasteiger partial charge in [-0.25, -0.2) is 9.18 Å². The van der Waals surface area contributed by atoms with E-state index in [1.807, 2.05) is 46.8 Å². The Bertz CT molecular complexity index is 1120. The predicted molar refractivity (Wildman–Crippen MR) is 128 cm³/mol. The number of carbonyl (C=O) groups is 2. The number of ether oxygens (including phenoxy) is 1. The van der Waals surface area contributed by atoms with Gasteiger partial charge in [-0.3, -0.25) is 9.48 Å². The molecule has 6 nitrogen and oxygen atoms in total. The van der Waals surface area contributed by atoms with Gasteiger partial charge in [0, 0.05) is 18.7 Å². The van der Waals surface area contributed by atoms with Crippen LogP contribution in [0.15, 0.2) is 60.7 Å². The number of aromatic nitrogens is 2. The topological polar surface area (TPSA) is 64.4 Å². The molecule has 178 valence electrons. The zero-order valence-electron chi connectivity index (χ0n) is 19.6. The van der Waals surface area contributed by atoms with Crippen molar-refractivity contribution in [2.24, 2.45) is 0 Å². The van der Waals surface area contributed by atoms with Crippen molar-refractivity contribution in [3.8, 4) is 11.3 Å². The smallest absolute Gasteiger partial charge is 0.358 e. The third kappa shape index (κ3) is 5.03. The van der Waals surface area contributed by atoms with Crippen molar-refractivity contribution in [2.45, 2.75) is 45.1 Å². The van der Waals surface area contributed by atoms with Crippen molar-refractivity contribution in [2.75, 3.05) is 19.7 Å². The molecule has 3 aromatic rings. The second kappa shape index (κ2) is 10.6. The van der Waals surface area contributed by atoms with Crippen LogP contribution in [0.2, 0.25) is 0 Å². The first kappa shape index (κ1) is 23.7. The molecule has 4 rings (SSSR count). The molecule has 1 amide bonds. The summed E-state index contributed by atoms with van der Waals surface area (Å²) in [5, 5.41) is 4.56. The summed E-state index contributed by atoms with van der Waals surface area (Å²) in [5.41, 5.74) is 2.79. The highest BCUT2D eigenvalue weighted by Gasteiger charge is 2.30. The summed E-state index contributed by atoms with van der Waals surface area (Å²) in [6.45, 7) is 5.28. The molecule has 2 heterocycles. The molecule has 0 radical (unpaired) electrons. The van der Waals surface area contributed by atoms with E-state index in [0.717, 1.165) is 36.1 Å². The minimum atomic E-state index is -0.481. The maximum absolute atomic E-state index is 13.5. The van der Waals surface area contributed by atoms with Crippen LogP contribution in [0.3, 0.4) is 0 Å². The van der Waals surface area contributed by atoms with Crippen LogP contribution in [0.4, 0.5) is 4.39 Å². The van der Waals surface area contributed by atoms with Crippen LogP contribution < -0.4 is 0 Å². The monoisotopic (exact) mass is 463 g/mol. The van der Waals surface area contributed by atoms with Crippen molar-refractivity contribution < 1.29 is 18.7 Å². The minimum absolute atomic E-state index is 0.0177. The molecular weight excluding hydrogens is 433 g/mol. The molecule has 1 saturated heterocycles. The van der Waals surface area contributed by atoms with Gasteiger partial charge in [0.1, 0.15) is 5.82 Å². The van der Waals surface area contributed by atoms with Crippen molar-refractivity contribution in [3.63, 3.8) is 0 Å². The zero-order chi connectivity index (χ0) is 24.1. The van der Waals surface area contributed by atoms with Gasteiger partial charge in [-0.05, 0) is 62.1 Å². The van der Waals surface area contributed by atoms with Crippen molar-refractivity contribution in [1.82, 2.24) is 14.7 Å². The lowest BCUT2D eigenvalue weighted by atomic mass is 9.93. The van der Waals surface area contributed by atoms with Gasteiger partial charge in [0.2, 0.25) is 5.91 Å². The van der Waals surface area contributed by atoms with Crippen molar-refractivity contribution in [3.05, 3.63) is 77.7 Å². The van der Waals surface area contributed by atoms with Gasteiger partial charge in [0.15, 0.2) is 5.69 Å². The van der Waals surface area contributed by atoms with Crippen LogP contribution in [0.1, 0.15) is 61.1 Å². The first-order chi connectivity index (χ1) is 16.5. The van der Waals surface area contributed by atoms with Crippen LogP contribution in [-0.4, -0.2) is 46.3 Å². The first-order valence-electron chi connectivity index (χ1n) is 11.9. The van der Waals surface area contributed by atoms with Crippen molar-refractivity contribution in [1.29, 1.82) is 0 Å². The number of esters is 1. The second-order valence-corrected chi connectivity index (χ2v) is 8.51. The van der Waals surface area contributed by atoms with Gasteiger partial charge in [-0.2, -0.15) is 5.10 Å². The Balaban J connectivity index is 1.53. The lowest BCUT2D eigenvalue weighted by Gasteiger charge is -2.35. The van der Waals surface area contributed by atoms with Gasteiger partial charge in [-0.15, -0.1) is 0 Å². The fourth-order valence-electron chi connectivity index (χ4n) is 4.60. The molecule has 0 N–H and O–H groups in total. The normalized spacial score (nSPS) is 15.2. The third-order valence-electron chi connectivity index (χ3n) is 6.39. The van der Waals surface area contributed by atoms with Gasteiger partial charge < -0.3 is 9.64 Å². The number of hydrogen-bond donors (Lipinski definition) is 0. The number of likely N-dealkylation sites (tertiary alicyclic amines) is 1. The lowest BCUT2D eigenvalue weighted by molar-refractivity contribution is -0.134. The van der Waals surface area contributed by atoms with E-state index < -0.39 is 5.97 Å². The van der Waals surface area contributed by atoms with E-state index in [4.69, 9.17) is 4.74 Å². The van der Waals surface area contributed by atoms with Gasteiger partial charge in [-0.1, -0.05) is 37.3 Å². The Morgan fingerprint density at radius 2 is 1.74 bits per heavy atom. The molecule has 1 aliphatic heterocycles. The average molecular weight is 464 g/mol. The SMILES string of the molecule is CCOC(=O)c1cc(-c2ccc(F)cc2)n(C2CCN(C(=O)C(CC)c3ccccc3)CC2)n1. The zero-order valence-corrected chi connectivity index (χ0v) is 19.6. The van der Waals surface area contributed by atoms with Gasteiger partial charge in [0.25, 0.3) is 0 Å². The average Bonchev–Trinajstić information content (AvgIpc) is 3.31. The number of amides is 1. The third-order valence-corrected chi connectivity index (χ3v) is 6.39. The number of nitrogens with zero attached hydrogens (tertiary/aromatic N) is 3. The largest absolute Gasteiger partial charge is 0.461 e. The lowest BCUT2D eigenvalue weighted by Crippen LogP contribution is -2.41. The minimum Gasteiger partial charge on any atom is -0.461 e. The maximum Gasteiger partial charge on any atom is 0.358 e. The Labute approximate surface area is 199 Å². The van der Waals surface area contributed by atoms with Crippen LogP contribution in [0, 0.1) is 5.82 Å². The summed E-state index contributed by atoms with van der Waals surface area (Å²) in [7, 11) is 0. The molecule has 0 aliphatic carbocycles. The molecule has 0 saturated carbocycles. The highest BCUT2D eigenvalue weighted by atomic mass is 19.1. The molecule has 1 fully saturated rings. The van der Waals surface area contributed by atoms with Crippen LogP contribution in [0.25, 0.3) is 11.3 Å². The van der Waals surface area contributed by atoms with E-state index in [1.54, 1.807) is 25.1 Å². The summed E-state index contributed by atoms with van der Waals surface area (Å²) in [5.74, 6) is -0.798. The molecule has 0 bridgehead atoms. The Hall–Kier alpha value is -3.48. The number of halogens is 1. The Morgan fingerprint density at radius 3 is 2.35 bits per heavy atom. The highest BCUT2D eigenvalue weighted by Crippen LogP contribution is 2.31. The molecule has 1 aromatic heterocycles. The van der Waals surface area contributed by atoms with Crippen LogP contribution in [-0.2, 0) is 9.53 Å². The quantitative estimate of drug-likeness (QED) is 0.451. The van der Waals surface area contributed by atoms with E-state index in [-0.39, 0.29) is 36.0 Å². The summed E-state index contributed by atoms with van der Waals surface area (Å²) >= 11 is 0. The molecule has 2 aromatic carbocycles. The Kier molecular flexibility index (Phi) is 7.40. The van der Waals surface area contributed by atoms with Crippen LogP contribution >= 0.6 is 0 Å². The summed E-state index contributed by atoms with van der Waals surface area (Å²) in [6.07, 6.45) is 2.18. The van der Waals surface area contributed by atoms with Crippen molar-refractivity contribution >= 4 is 11.9 Å². The van der Waals surface area contributed by atoms with Crippen LogP contribution in [0.5, 0.6) is 0 Å². The van der Waals surface area contributed by atoms with Gasteiger partial charge >= 0.3 is 5.97 Å². The molecule has 7 heteroatoms.